The van der Waals surface area contributed by atoms with Crippen molar-refractivity contribution in [1.82, 2.24) is 10.3 Å². The number of nitrogens with one attached hydrogen (secondary N) is 1. The van der Waals surface area contributed by atoms with Crippen molar-refractivity contribution in [3.63, 3.8) is 0 Å². The predicted octanol–water partition coefficient (Wildman–Crippen LogP) is 3.48. The summed E-state index contributed by atoms with van der Waals surface area (Å²) in [4.78, 5) is 4.42. The second-order valence-corrected chi connectivity index (χ2v) is 4.95. The number of nitrogens with zero attached hydrogens (tertiary/aromatic N) is 1. The molecule has 0 saturated carbocycles. The van der Waals surface area contributed by atoms with Gasteiger partial charge in [-0.3, -0.25) is 4.98 Å². The fraction of sp³-hybridized carbons (Fsp3) is 0.353. The maximum absolute atomic E-state index is 4.42. The summed E-state index contributed by atoms with van der Waals surface area (Å²) in [6.07, 6.45) is 3.94. The summed E-state index contributed by atoms with van der Waals surface area (Å²) >= 11 is 0. The van der Waals surface area contributed by atoms with Crippen LogP contribution in [-0.4, -0.2) is 11.5 Å². The smallest absolute Gasteiger partial charge is 0.0447 e. The molecular formula is C17H22N2. The van der Waals surface area contributed by atoms with Crippen LogP contribution in [0.25, 0.3) is 0 Å². The van der Waals surface area contributed by atoms with Gasteiger partial charge in [0, 0.05) is 24.9 Å². The fourth-order valence-electron chi connectivity index (χ4n) is 2.19. The van der Waals surface area contributed by atoms with Gasteiger partial charge < -0.3 is 5.32 Å². The lowest BCUT2D eigenvalue weighted by molar-refractivity contribution is 0.671. The zero-order valence-corrected chi connectivity index (χ0v) is 11.8. The first kappa shape index (κ1) is 13.8. The predicted molar refractivity (Wildman–Crippen MR) is 80.2 cm³/mol. The third-order valence-corrected chi connectivity index (χ3v) is 3.20. The lowest BCUT2D eigenvalue weighted by Gasteiger charge is -2.11. The van der Waals surface area contributed by atoms with Gasteiger partial charge in [-0.15, -0.1) is 0 Å². The molecule has 0 aliphatic rings. The molecule has 0 amide bonds. The maximum atomic E-state index is 4.42. The van der Waals surface area contributed by atoms with Crippen LogP contribution in [0.1, 0.15) is 35.7 Å². The second-order valence-electron chi connectivity index (χ2n) is 4.95. The van der Waals surface area contributed by atoms with Crippen molar-refractivity contribution in [1.29, 1.82) is 0 Å². The van der Waals surface area contributed by atoms with Crippen molar-refractivity contribution in [3.8, 4) is 0 Å². The van der Waals surface area contributed by atoms with E-state index >= 15 is 0 Å². The Bertz CT molecular complexity index is 506. The van der Waals surface area contributed by atoms with Gasteiger partial charge in [-0.05, 0) is 43.1 Å². The van der Waals surface area contributed by atoms with Crippen LogP contribution in [0, 0.1) is 6.92 Å². The highest BCUT2D eigenvalue weighted by Crippen LogP contribution is 2.15. The molecule has 2 rings (SSSR count). The molecule has 1 N–H and O–H groups in total. The van der Waals surface area contributed by atoms with E-state index in [0.29, 0.717) is 0 Å². The lowest BCUT2D eigenvalue weighted by atomic mass is 10.00. The van der Waals surface area contributed by atoms with Gasteiger partial charge in [-0.1, -0.05) is 36.8 Å². The third kappa shape index (κ3) is 4.18. The monoisotopic (exact) mass is 254 g/mol. The van der Waals surface area contributed by atoms with Crippen LogP contribution < -0.4 is 5.32 Å². The maximum Gasteiger partial charge on any atom is 0.0447 e. The number of aromatic nitrogens is 1. The minimum atomic E-state index is 0.908. The topological polar surface area (TPSA) is 24.9 Å². The quantitative estimate of drug-likeness (QED) is 0.798. The van der Waals surface area contributed by atoms with E-state index in [9.17, 15) is 0 Å². The van der Waals surface area contributed by atoms with Crippen LogP contribution in [0.15, 0.2) is 42.6 Å². The second kappa shape index (κ2) is 7.05. The largest absolute Gasteiger partial charge is 0.313 e. The van der Waals surface area contributed by atoms with E-state index in [1.165, 1.54) is 23.1 Å². The van der Waals surface area contributed by atoms with Crippen molar-refractivity contribution >= 4 is 0 Å². The lowest BCUT2D eigenvalue weighted by Crippen LogP contribution is -2.15. The number of pyridine rings is 1. The van der Waals surface area contributed by atoms with Crippen LogP contribution in [0.5, 0.6) is 0 Å². The van der Waals surface area contributed by atoms with Gasteiger partial charge >= 0.3 is 0 Å². The zero-order valence-electron chi connectivity index (χ0n) is 11.8. The Labute approximate surface area is 115 Å². The Kier molecular flexibility index (Phi) is 5.10. The molecule has 0 bridgehead atoms. The summed E-state index contributed by atoms with van der Waals surface area (Å²) in [6.45, 7) is 6.34. The van der Waals surface area contributed by atoms with Crippen LogP contribution >= 0.6 is 0 Å². The molecule has 2 heteroatoms. The molecule has 0 atom stereocenters. The van der Waals surface area contributed by atoms with Crippen LogP contribution in [-0.2, 0) is 13.0 Å². The van der Waals surface area contributed by atoms with Crippen molar-refractivity contribution in [2.45, 2.75) is 33.2 Å². The molecule has 0 saturated heterocycles. The molecule has 2 aromatic rings. The molecule has 0 fully saturated rings. The van der Waals surface area contributed by atoms with Crippen molar-refractivity contribution in [2.24, 2.45) is 0 Å². The van der Waals surface area contributed by atoms with E-state index in [1.807, 2.05) is 18.3 Å². The number of hydrogen-bond acceptors (Lipinski definition) is 2. The number of benzene rings is 1. The van der Waals surface area contributed by atoms with E-state index in [4.69, 9.17) is 0 Å². The molecular weight excluding hydrogens is 232 g/mol. The van der Waals surface area contributed by atoms with Gasteiger partial charge in [0.1, 0.15) is 0 Å². The molecule has 1 aromatic carbocycles. The number of aryl methyl sites for hydroxylation is 1. The first-order valence-corrected chi connectivity index (χ1v) is 6.98. The highest BCUT2D eigenvalue weighted by atomic mass is 14.8. The van der Waals surface area contributed by atoms with Crippen molar-refractivity contribution < 1.29 is 0 Å². The summed E-state index contributed by atoms with van der Waals surface area (Å²) in [5, 5.41) is 3.48. The molecule has 19 heavy (non-hydrogen) atoms. The normalized spacial score (nSPS) is 10.6. The Morgan fingerprint density at radius 2 is 2.00 bits per heavy atom. The number of rotatable bonds is 6. The first-order chi connectivity index (χ1) is 9.29. The van der Waals surface area contributed by atoms with Gasteiger partial charge in [-0.25, -0.2) is 0 Å². The molecule has 0 spiro atoms. The summed E-state index contributed by atoms with van der Waals surface area (Å²) in [5.74, 6) is 0. The van der Waals surface area contributed by atoms with Crippen LogP contribution in [0.4, 0.5) is 0 Å². The molecule has 1 heterocycles. The highest BCUT2D eigenvalue weighted by Gasteiger charge is 2.04. The molecule has 0 radical (unpaired) electrons. The summed E-state index contributed by atoms with van der Waals surface area (Å²) in [6, 6.07) is 12.8. The van der Waals surface area contributed by atoms with Crippen LogP contribution in [0.2, 0.25) is 0 Å². The summed E-state index contributed by atoms with van der Waals surface area (Å²) < 4.78 is 0. The van der Waals surface area contributed by atoms with Crippen molar-refractivity contribution in [2.75, 3.05) is 6.54 Å². The zero-order chi connectivity index (χ0) is 13.5. The van der Waals surface area contributed by atoms with Gasteiger partial charge in [0.15, 0.2) is 0 Å². The minimum Gasteiger partial charge on any atom is -0.313 e. The Balaban J connectivity index is 2.15. The van der Waals surface area contributed by atoms with E-state index in [2.05, 4.69) is 48.4 Å². The van der Waals surface area contributed by atoms with E-state index in [0.717, 1.165) is 25.2 Å². The SMILES string of the molecule is CCCNCc1ccc(C)cc1Cc1ccccn1. The summed E-state index contributed by atoms with van der Waals surface area (Å²) in [5.41, 5.74) is 5.20. The van der Waals surface area contributed by atoms with Crippen LogP contribution in [0.3, 0.4) is 0 Å². The Morgan fingerprint density at radius 1 is 1.11 bits per heavy atom. The Hall–Kier alpha value is -1.67. The third-order valence-electron chi connectivity index (χ3n) is 3.20. The first-order valence-electron chi connectivity index (χ1n) is 6.98. The minimum absolute atomic E-state index is 0.908. The standard InChI is InChI=1S/C17H22N2/c1-3-9-18-13-15-8-7-14(2)11-16(15)12-17-6-4-5-10-19-17/h4-8,10-11,18H,3,9,12-13H2,1-2H3. The molecule has 100 valence electrons. The van der Waals surface area contributed by atoms with Gasteiger partial charge in [0.05, 0.1) is 0 Å². The average molecular weight is 254 g/mol. The van der Waals surface area contributed by atoms with Crippen molar-refractivity contribution in [3.05, 3.63) is 65.0 Å². The Morgan fingerprint density at radius 3 is 2.74 bits per heavy atom. The van der Waals surface area contributed by atoms with E-state index in [1.54, 1.807) is 0 Å². The average Bonchev–Trinajstić information content (AvgIpc) is 2.43. The van der Waals surface area contributed by atoms with Gasteiger partial charge in [0.25, 0.3) is 0 Å². The summed E-state index contributed by atoms with van der Waals surface area (Å²) in [7, 11) is 0. The molecule has 0 aliphatic heterocycles. The molecule has 2 nitrogen and oxygen atoms in total. The molecule has 1 aromatic heterocycles. The van der Waals surface area contributed by atoms with Gasteiger partial charge in [-0.2, -0.15) is 0 Å². The molecule has 0 unspecified atom stereocenters. The highest BCUT2D eigenvalue weighted by molar-refractivity contribution is 5.34. The fourth-order valence-corrected chi connectivity index (χ4v) is 2.19. The number of hydrogen-bond donors (Lipinski definition) is 1. The van der Waals surface area contributed by atoms with E-state index in [-0.39, 0.29) is 0 Å². The molecule has 0 aliphatic carbocycles. The van der Waals surface area contributed by atoms with E-state index < -0.39 is 0 Å². The van der Waals surface area contributed by atoms with Gasteiger partial charge in [0.2, 0.25) is 0 Å².